The zero-order chi connectivity index (χ0) is 13.0. The highest BCUT2D eigenvalue weighted by atomic mass is 79.9. The van der Waals surface area contributed by atoms with Crippen LogP contribution in [0.2, 0.25) is 0 Å². The fourth-order valence-corrected chi connectivity index (χ4v) is 3.20. The first-order valence-corrected chi connectivity index (χ1v) is 7.86. The number of para-hydroxylation sites is 1. The number of halogens is 1. The van der Waals surface area contributed by atoms with Gasteiger partial charge in [-0.15, -0.1) is 0 Å². The first-order valence-electron chi connectivity index (χ1n) is 6.74. The molecule has 1 aliphatic rings. The topological polar surface area (TPSA) is 6.48 Å². The maximum absolute atomic E-state index is 3.58. The van der Waals surface area contributed by atoms with Gasteiger partial charge in [-0.25, -0.2) is 0 Å². The molecule has 0 N–H and O–H groups in total. The van der Waals surface area contributed by atoms with Gasteiger partial charge >= 0.3 is 0 Å². The smallest absolute Gasteiger partial charge is 0.0404 e. The Hall–Kier alpha value is -0.540. The maximum Gasteiger partial charge on any atom is 0.0404 e. The number of piperidine rings is 1. The third-order valence-corrected chi connectivity index (χ3v) is 4.52. The molecule has 0 aromatic heterocycles. The average Bonchev–Trinajstić information content (AvgIpc) is 2.41. The van der Waals surface area contributed by atoms with Crippen LogP contribution in [0.1, 0.15) is 18.4 Å². The molecule has 100 valence electrons. The van der Waals surface area contributed by atoms with Crippen molar-refractivity contribution < 1.29 is 0 Å². The first kappa shape index (κ1) is 13.9. The summed E-state index contributed by atoms with van der Waals surface area (Å²) in [7, 11) is 4.44. The van der Waals surface area contributed by atoms with Gasteiger partial charge in [-0.3, -0.25) is 0 Å². The molecule has 1 heterocycles. The number of benzene rings is 1. The molecule has 0 aliphatic carbocycles. The van der Waals surface area contributed by atoms with Crippen LogP contribution >= 0.6 is 15.9 Å². The summed E-state index contributed by atoms with van der Waals surface area (Å²) in [5.74, 6) is 0.842. The van der Waals surface area contributed by atoms with Crippen molar-refractivity contribution in [1.29, 1.82) is 0 Å². The molecule has 0 amide bonds. The molecule has 1 fully saturated rings. The minimum absolute atomic E-state index is 0.842. The Labute approximate surface area is 119 Å². The van der Waals surface area contributed by atoms with Crippen molar-refractivity contribution >= 4 is 21.6 Å². The summed E-state index contributed by atoms with van der Waals surface area (Å²) < 4.78 is 0. The summed E-state index contributed by atoms with van der Waals surface area (Å²) in [6, 6.07) is 8.68. The molecule has 0 unspecified atom stereocenters. The molecule has 0 radical (unpaired) electrons. The van der Waals surface area contributed by atoms with Crippen molar-refractivity contribution in [2.24, 2.45) is 5.92 Å². The van der Waals surface area contributed by atoms with Gasteiger partial charge in [0.1, 0.15) is 0 Å². The Morgan fingerprint density at radius 1 is 1.28 bits per heavy atom. The lowest BCUT2D eigenvalue weighted by molar-refractivity contribution is 0.222. The van der Waals surface area contributed by atoms with Gasteiger partial charge in [-0.1, -0.05) is 34.1 Å². The summed E-state index contributed by atoms with van der Waals surface area (Å²) in [6.45, 7) is 3.68. The van der Waals surface area contributed by atoms with Gasteiger partial charge in [0.15, 0.2) is 0 Å². The van der Waals surface area contributed by atoms with Crippen LogP contribution < -0.4 is 4.90 Å². The SMILES string of the molecule is CN1CCC(CN(C)c2ccccc2CBr)CC1. The third-order valence-electron chi connectivity index (χ3n) is 3.92. The van der Waals surface area contributed by atoms with Crippen LogP contribution in [-0.2, 0) is 5.33 Å². The molecule has 2 nitrogen and oxygen atoms in total. The molecule has 3 heteroatoms. The van der Waals surface area contributed by atoms with E-state index in [9.17, 15) is 0 Å². The van der Waals surface area contributed by atoms with Crippen LogP contribution in [0.15, 0.2) is 24.3 Å². The highest BCUT2D eigenvalue weighted by Gasteiger charge is 2.18. The zero-order valence-corrected chi connectivity index (χ0v) is 13.0. The predicted octanol–water partition coefficient (Wildman–Crippen LogP) is 3.36. The van der Waals surface area contributed by atoms with E-state index in [1.807, 2.05) is 0 Å². The highest BCUT2D eigenvalue weighted by molar-refractivity contribution is 9.08. The quantitative estimate of drug-likeness (QED) is 0.787. The monoisotopic (exact) mass is 310 g/mol. The number of rotatable bonds is 4. The summed E-state index contributed by atoms with van der Waals surface area (Å²) >= 11 is 3.58. The average molecular weight is 311 g/mol. The van der Waals surface area contributed by atoms with E-state index in [0.29, 0.717) is 0 Å². The van der Waals surface area contributed by atoms with Gasteiger partial charge in [0, 0.05) is 24.6 Å². The van der Waals surface area contributed by atoms with E-state index < -0.39 is 0 Å². The Morgan fingerprint density at radius 3 is 2.61 bits per heavy atom. The fraction of sp³-hybridized carbons (Fsp3) is 0.600. The molecule has 2 rings (SSSR count). The molecule has 1 saturated heterocycles. The molecule has 1 aromatic carbocycles. The summed E-state index contributed by atoms with van der Waals surface area (Å²) in [6.07, 6.45) is 2.66. The summed E-state index contributed by atoms with van der Waals surface area (Å²) in [5, 5.41) is 0.931. The molecule has 18 heavy (non-hydrogen) atoms. The van der Waals surface area contributed by atoms with E-state index in [-0.39, 0.29) is 0 Å². The number of nitrogens with zero attached hydrogens (tertiary/aromatic N) is 2. The number of likely N-dealkylation sites (tertiary alicyclic amines) is 1. The van der Waals surface area contributed by atoms with Crippen LogP contribution in [-0.4, -0.2) is 38.6 Å². The Morgan fingerprint density at radius 2 is 1.94 bits per heavy atom. The van der Waals surface area contributed by atoms with Crippen molar-refractivity contribution in [3.05, 3.63) is 29.8 Å². The normalized spacial score (nSPS) is 17.9. The lowest BCUT2D eigenvalue weighted by Crippen LogP contribution is -2.35. The maximum atomic E-state index is 3.58. The van der Waals surface area contributed by atoms with Crippen molar-refractivity contribution in [3.8, 4) is 0 Å². The number of anilines is 1. The second-order valence-corrected chi connectivity index (χ2v) is 5.95. The minimum atomic E-state index is 0.842. The Balaban J connectivity index is 1.96. The van der Waals surface area contributed by atoms with Crippen LogP contribution in [0.5, 0.6) is 0 Å². The summed E-state index contributed by atoms with van der Waals surface area (Å²) in [5.41, 5.74) is 2.75. The molecule has 0 atom stereocenters. The van der Waals surface area contributed by atoms with Crippen LogP contribution in [0.25, 0.3) is 0 Å². The van der Waals surface area contributed by atoms with Gasteiger partial charge in [0.2, 0.25) is 0 Å². The van der Waals surface area contributed by atoms with E-state index in [0.717, 1.165) is 11.2 Å². The lowest BCUT2D eigenvalue weighted by Gasteiger charge is -2.33. The molecular weight excluding hydrogens is 288 g/mol. The fourth-order valence-electron chi connectivity index (χ4n) is 2.73. The van der Waals surface area contributed by atoms with E-state index in [1.165, 1.54) is 43.7 Å². The molecule has 1 aromatic rings. The zero-order valence-electron chi connectivity index (χ0n) is 11.4. The van der Waals surface area contributed by atoms with Gasteiger partial charge in [-0.2, -0.15) is 0 Å². The predicted molar refractivity (Wildman–Crippen MR) is 82.6 cm³/mol. The second kappa shape index (κ2) is 6.58. The minimum Gasteiger partial charge on any atom is -0.374 e. The molecule has 0 bridgehead atoms. The van der Waals surface area contributed by atoms with E-state index in [1.54, 1.807) is 0 Å². The Bertz CT molecular complexity index is 373. The Kier molecular flexibility index (Phi) is 5.07. The molecular formula is C15H23BrN2. The van der Waals surface area contributed by atoms with Crippen molar-refractivity contribution in [2.45, 2.75) is 18.2 Å². The van der Waals surface area contributed by atoms with Gasteiger partial charge in [0.05, 0.1) is 0 Å². The van der Waals surface area contributed by atoms with Crippen molar-refractivity contribution in [3.63, 3.8) is 0 Å². The van der Waals surface area contributed by atoms with Crippen molar-refractivity contribution in [2.75, 3.05) is 38.6 Å². The molecule has 0 saturated carbocycles. The molecule has 1 aliphatic heterocycles. The van der Waals surface area contributed by atoms with Crippen LogP contribution in [0, 0.1) is 5.92 Å². The van der Waals surface area contributed by atoms with Gasteiger partial charge in [0.25, 0.3) is 0 Å². The largest absolute Gasteiger partial charge is 0.374 e. The van der Waals surface area contributed by atoms with Gasteiger partial charge < -0.3 is 9.80 Å². The van der Waals surface area contributed by atoms with Crippen LogP contribution in [0.4, 0.5) is 5.69 Å². The standard InChI is InChI=1S/C15H23BrN2/c1-17-9-7-13(8-10-17)12-18(2)15-6-4-3-5-14(15)11-16/h3-6,13H,7-12H2,1-2H3. The number of hydrogen-bond acceptors (Lipinski definition) is 2. The van der Waals surface area contributed by atoms with E-state index in [4.69, 9.17) is 0 Å². The number of alkyl halides is 1. The van der Waals surface area contributed by atoms with E-state index in [2.05, 4.69) is 64.1 Å². The van der Waals surface area contributed by atoms with E-state index >= 15 is 0 Å². The van der Waals surface area contributed by atoms with Crippen LogP contribution in [0.3, 0.4) is 0 Å². The lowest BCUT2D eigenvalue weighted by atomic mass is 9.96. The van der Waals surface area contributed by atoms with Crippen molar-refractivity contribution in [1.82, 2.24) is 4.90 Å². The number of hydrogen-bond donors (Lipinski definition) is 0. The third kappa shape index (κ3) is 3.48. The highest BCUT2D eigenvalue weighted by Crippen LogP contribution is 2.24. The first-order chi connectivity index (χ1) is 8.70. The summed E-state index contributed by atoms with van der Waals surface area (Å²) in [4.78, 5) is 4.86. The second-order valence-electron chi connectivity index (χ2n) is 5.39. The van der Waals surface area contributed by atoms with Gasteiger partial charge in [-0.05, 0) is 50.5 Å². The molecule has 0 spiro atoms.